The van der Waals surface area contributed by atoms with Crippen LogP contribution in [0, 0.1) is 0 Å². The standard InChI is InChI=1S/C21H26N2O2S/c24-21(17-26-16-15-25-18-9-3-1-4-10-18)22-19-11-5-6-12-20(19)23-13-7-2-8-14-23/h1,3-6,9-12H,2,7-8,13-17H2,(H,22,24). The van der Waals surface area contributed by atoms with Gasteiger partial charge in [-0.1, -0.05) is 30.3 Å². The molecule has 0 unspecified atom stereocenters. The molecular formula is C21H26N2O2S. The molecule has 0 aliphatic carbocycles. The third-order valence-electron chi connectivity index (χ3n) is 4.35. The number of carbonyl (C=O) groups excluding carboxylic acids is 1. The van der Waals surface area contributed by atoms with Crippen LogP contribution in [0.5, 0.6) is 5.75 Å². The molecule has 2 aromatic carbocycles. The number of ether oxygens (including phenoxy) is 1. The SMILES string of the molecule is O=C(CSCCOc1ccccc1)Nc1ccccc1N1CCCCC1. The molecule has 1 amide bonds. The molecule has 0 spiro atoms. The molecule has 1 aliphatic rings. The van der Waals surface area contributed by atoms with Gasteiger partial charge in [0.15, 0.2) is 0 Å². The van der Waals surface area contributed by atoms with E-state index in [1.54, 1.807) is 11.8 Å². The zero-order chi connectivity index (χ0) is 18.0. The minimum Gasteiger partial charge on any atom is -0.493 e. The van der Waals surface area contributed by atoms with Crippen LogP contribution in [0.1, 0.15) is 19.3 Å². The molecular weight excluding hydrogens is 344 g/mol. The van der Waals surface area contributed by atoms with Crippen LogP contribution >= 0.6 is 11.8 Å². The van der Waals surface area contributed by atoms with Crippen molar-refractivity contribution in [2.24, 2.45) is 0 Å². The minimum absolute atomic E-state index is 0.0409. The molecule has 26 heavy (non-hydrogen) atoms. The molecule has 0 aromatic heterocycles. The van der Waals surface area contributed by atoms with E-state index in [9.17, 15) is 4.79 Å². The van der Waals surface area contributed by atoms with Gasteiger partial charge in [0.05, 0.1) is 23.7 Å². The van der Waals surface area contributed by atoms with E-state index in [1.807, 2.05) is 48.5 Å². The lowest BCUT2D eigenvalue weighted by Crippen LogP contribution is -2.30. The Morgan fingerprint density at radius 3 is 2.54 bits per heavy atom. The molecule has 0 bridgehead atoms. The van der Waals surface area contributed by atoms with Crippen molar-refractivity contribution < 1.29 is 9.53 Å². The van der Waals surface area contributed by atoms with Gasteiger partial charge in [0.25, 0.3) is 0 Å². The Bertz CT molecular complexity index is 687. The molecule has 0 radical (unpaired) electrons. The highest BCUT2D eigenvalue weighted by molar-refractivity contribution is 7.99. The Morgan fingerprint density at radius 1 is 1.00 bits per heavy atom. The maximum Gasteiger partial charge on any atom is 0.234 e. The number of piperidine rings is 1. The van der Waals surface area contributed by atoms with Crippen LogP contribution < -0.4 is 15.0 Å². The Balaban J connectivity index is 1.42. The average Bonchev–Trinajstić information content (AvgIpc) is 2.70. The van der Waals surface area contributed by atoms with Crippen molar-refractivity contribution in [2.45, 2.75) is 19.3 Å². The molecule has 2 aromatic rings. The highest BCUT2D eigenvalue weighted by atomic mass is 32.2. The topological polar surface area (TPSA) is 41.6 Å². The second kappa shape index (κ2) is 10.1. The first-order valence-corrected chi connectivity index (χ1v) is 10.4. The monoisotopic (exact) mass is 370 g/mol. The average molecular weight is 371 g/mol. The molecule has 0 atom stereocenters. The Hall–Kier alpha value is -2.14. The first kappa shape index (κ1) is 18.6. The van der Waals surface area contributed by atoms with Gasteiger partial charge in [0.2, 0.25) is 5.91 Å². The molecule has 1 fully saturated rings. The quantitative estimate of drug-likeness (QED) is 0.698. The molecule has 1 N–H and O–H groups in total. The fourth-order valence-corrected chi connectivity index (χ4v) is 3.68. The smallest absolute Gasteiger partial charge is 0.234 e. The van der Waals surface area contributed by atoms with E-state index in [-0.39, 0.29) is 5.91 Å². The van der Waals surface area contributed by atoms with E-state index in [4.69, 9.17) is 4.74 Å². The summed E-state index contributed by atoms with van der Waals surface area (Å²) in [6.07, 6.45) is 3.74. The maximum absolute atomic E-state index is 12.3. The molecule has 5 heteroatoms. The summed E-state index contributed by atoms with van der Waals surface area (Å²) in [5.41, 5.74) is 2.05. The van der Waals surface area contributed by atoms with E-state index >= 15 is 0 Å². The van der Waals surface area contributed by atoms with Gasteiger partial charge in [-0.2, -0.15) is 0 Å². The van der Waals surface area contributed by atoms with Crippen molar-refractivity contribution in [3.05, 3.63) is 54.6 Å². The number of amides is 1. The van der Waals surface area contributed by atoms with Gasteiger partial charge in [-0.05, 0) is 43.5 Å². The number of rotatable bonds is 8. The minimum atomic E-state index is 0.0409. The third kappa shape index (κ3) is 5.70. The summed E-state index contributed by atoms with van der Waals surface area (Å²) < 4.78 is 5.65. The van der Waals surface area contributed by atoms with Gasteiger partial charge in [-0.3, -0.25) is 4.79 Å². The van der Waals surface area contributed by atoms with Crippen LogP contribution in [0.3, 0.4) is 0 Å². The van der Waals surface area contributed by atoms with Crippen LogP contribution in [-0.4, -0.2) is 37.1 Å². The Labute approximate surface area is 159 Å². The summed E-state index contributed by atoms with van der Waals surface area (Å²) in [5, 5.41) is 3.07. The second-order valence-corrected chi connectivity index (χ2v) is 7.43. The van der Waals surface area contributed by atoms with Crippen molar-refractivity contribution in [1.29, 1.82) is 0 Å². The van der Waals surface area contributed by atoms with Crippen molar-refractivity contribution >= 4 is 29.0 Å². The van der Waals surface area contributed by atoms with Gasteiger partial charge in [0.1, 0.15) is 5.75 Å². The number of hydrogen-bond donors (Lipinski definition) is 1. The van der Waals surface area contributed by atoms with Crippen molar-refractivity contribution in [2.75, 3.05) is 41.4 Å². The summed E-state index contributed by atoms with van der Waals surface area (Å²) in [6.45, 7) is 2.74. The number of nitrogens with zero attached hydrogens (tertiary/aromatic N) is 1. The lowest BCUT2D eigenvalue weighted by atomic mass is 10.1. The van der Waals surface area contributed by atoms with E-state index in [0.717, 1.165) is 36.0 Å². The van der Waals surface area contributed by atoms with E-state index in [2.05, 4.69) is 16.3 Å². The summed E-state index contributed by atoms with van der Waals surface area (Å²) >= 11 is 1.59. The largest absolute Gasteiger partial charge is 0.493 e. The summed E-state index contributed by atoms with van der Waals surface area (Å²) in [4.78, 5) is 14.7. The first-order valence-electron chi connectivity index (χ1n) is 9.22. The van der Waals surface area contributed by atoms with Crippen molar-refractivity contribution in [3.8, 4) is 5.75 Å². The number of anilines is 2. The lowest BCUT2D eigenvalue weighted by Gasteiger charge is -2.30. The van der Waals surface area contributed by atoms with Gasteiger partial charge in [-0.15, -0.1) is 11.8 Å². The first-order chi connectivity index (χ1) is 12.8. The van der Waals surface area contributed by atoms with Gasteiger partial charge < -0.3 is 15.0 Å². The third-order valence-corrected chi connectivity index (χ3v) is 5.27. The highest BCUT2D eigenvalue weighted by Crippen LogP contribution is 2.28. The highest BCUT2D eigenvalue weighted by Gasteiger charge is 2.15. The van der Waals surface area contributed by atoms with Crippen LogP contribution in [0.25, 0.3) is 0 Å². The lowest BCUT2D eigenvalue weighted by molar-refractivity contribution is -0.113. The van der Waals surface area contributed by atoms with Gasteiger partial charge in [0, 0.05) is 18.8 Å². The molecule has 1 saturated heterocycles. The number of carbonyl (C=O) groups is 1. The van der Waals surface area contributed by atoms with Crippen molar-refractivity contribution in [3.63, 3.8) is 0 Å². The normalized spacial score (nSPS) is 14.1. The molecule has 0 saturated carbocycles. The van der Waals surface area contributed by atoms with Crippen LogP contribution in [0.15, 0.2) is 54.6 Å². The molecule has 1 aliphatic heterocycles. The number of hydrogen-bond acceptors (Lipinski definition) is 4. The summed E-state index contributed by atoms with van der Waals surface area (Å²) in [6, 6.07) is 17.9. The number of para-hydroxylation sites is 3. The Kier molecular flexibility index (Phi) is 7.25. The van der Waals surface area contributed by atoms with Crippen LogP contribution in [0.4, 0.5) is 11.4 Å². The maximum atomic E-state index is 12.3. The summed E-state index contributed by atoms with van der Waals surface area (Å²) in [7, 11) is 0. The zero-order valence-electron chi connectivity index (χ0n) is 15.0. The molecule has 3 rings (SSSR count). The number of thioether (sulfide) groups is 1. The Morgan fingerprint density at radius 2 is 1.73 bits per heavy atom. The van der Waals surface area contributed by atoms with Crippen LogP contribution in [-0.2, 0) is 4.79 Å². The fraction of sp³-hybridized carbons (Fsp3) is 0.381. The second-order valence-electron chi connectivity index (χ2n) is 6.33. The van der Waals surface area contributed by atoms with E-state index in [1.165, 1.54) is 19.3 Å². The van der Waals surface area contributed by atoms with E-state index < -0.39 is 0 Å². The zero-order valence-corrected chi connectivity index (χ0v) is 15.8. The predicted molar refractivity (Wildman–Crippen MR) is 110 cm³/mol. The van der Waals surface area contributed by atoms with E-state index in [0.29, 0.717) is 12.4 Å². The molecule has 138 valence electrons. The molecule has 4 nitrogen and oxygen atoms in total. The fourth-order valence-electron chi connectivity index (χ4n) is 3.08. The molecule has 1 heterocycles. The predicted octanol–water partition coefficient (Wildman–Crippen LogP) is 4.43. The van der Waals surface area contributed by atoms with Crippen molar-refractivity contribution in [1.82, 2.24) is 0 Å². The van der Waals surface area contributed by atoms with Crippen LogP contribution in [0.2, 0.25) is 0 Å². The summed E-state index contributed by atoms with van der Waals surface area (Å²) in [5.74, 6) is 2.13. The number of nitrogens with one attached hydrogen (secondary N) is 1. The van der Waals surface area contributed by atoms with Gasteiger partial charge >= 0.3 is 0 Å². The van der Waals surface area contributed by atoms with Gasteiger partial charge in [-0.25, -0.2) is 0 Å². The number of benzene rings is 2.